The molecule has 1 aliphatic carbocycles. The number of Topliss-reactive ketones (excluding diaryl/α,β-unsaturated/α-hetero) is 1. The van der Waals surface area contributed by atoms with Gasteiger partial charge in [0.2, 0.25) is 0 Å². The van der Waals surface area contributed by atoms with Gasteiger partial charge in [-0.3, -0.25) is 4.79 Å². The van der Waals surface area contributed by atoms with Crippen molar-refractivity contribution in [3.05, 3.63) is 57.8 Å². The summed E-state index contributed by atoms with van der Waals surface area (Å²) in [5.41, 5.74) is 0.873. The molecule has 1 fully saturated rings. The van der Waals surface area contributed by atoms with Crippen LogP contribution in [0.1, 0.15) is 39.4 Å². The van der Waals surface area contributed by atoms with Crippen molar-refractivity contribution in [3.8, 4) is 11.8 Å². The molecule has 134 valence electrons. The van der Waals surface area contributed by atoms with Gasteiger partial charge in [0.25, 0.3) is 0 Å². The van der Waals surface area contributed by atoms with Crippen LogP contribution < -0.4 is 0 Å². The van der Waals surface area contributed by atoms with E-state index in [0.717, 1.165) is 23.3 Å². The van der Waals surface area contributed by atoms with E-state index in [1.807, 2.05) is 36.4 Å². The number of rotatable bonds is 5. The average Bonchev–Trinajstić information content (AvgIpc) is 3.19. The first-order chi connectivity index (χ1) is 12.5. The molecule has 1 aliphatic rings. The molecule has 2 N–H and O–H groups in total. The number of aliphatic hydroxyl groups is 1. The molecule has 0 amide bonds. The van der Waals surface area contributed by atoms with Gasteiger partial charge in [0.15, 0.2) is 0 Å². The monoisotopic (exact) mass is 368 g/mol. The van der Waals surface area contributed by atoms with Crippen LogP contribution in [0.4, 0.5) is 0 Å². The van der Waals surface area contributed by atoms with E-state index in [4.69, 9.17) is 5.11 Å². The summed E-state index contributed by atoms with van der Waals surface area (Å²) in [7, 11) is 0. The summed E-state index contributed by atoms with van der Waals surface area (Å²) in [5.74, 6) is 4.74. The molecule has 0 spiro atoms. The Labute approximate surface area is 156 Å². The lowest BCUT2D eigenvalue weighted by Crippen LogP contribution is -2.19. The second kappa shape index (κ2) is 8.31. The first kappa shape index (κ1) is 18.4. The normalized spacial score (nSPS) is 22.0. The SMILES string of the molecule is O=C(O)c1ccc(CCC[C@@H]2C(=O)CC(O)[C@@H]2C#Cc2ccccc2)s1. The lowest BCUT2D eigenvalue weighted by atomic mass is 9.89. The zero-order valence-corrected chi connectivity index (χ0v) is 15.0. The van der Waals surface area contributed by atoms with Gasteiger partial charge in [-0.2, -0.15) is 0 Å². The third-order valence-corrected chi connectivity index (χ3v) is 5.77. The molecule has 1 aromatic carbocycles. The number of carboxylic acid groups (broad SMARTS) is 1. The van der Waals surface area contributed by atoms with E-state index >= 15 is 0 Å². The molecule has 0 aliphatic heterocycles. The molecular weight excluding hydrogens is 348 g/mol. The molecule has 26 heavy (non-hydrogen) atoms. The zero-order valence-electron chi connectivity index (χ0n) is 14.2. The Morgan fingerprint density at radius 3 is 2.65 bits per heavy atom. The molecule has 5 heteroatoms. The second-order valence-electron chi connectivity index (χ2n) is 6.47. The predicted molar refractivity (Wildman–Crippen MR) is 100 cm³/mol. The highest BCUT2D eigenvalue weighted by atomic mass is 32.1. The van der Waals surface area contributed by atoms with Crippen LogP contribution in [0.2, 0.25) is 0 Å². The van der Waals surface area contributed by atoms with E-state index in [0.29, 0.717) is 11.3 Å². The van der Waals surface area contributed by atoms with Crippen molar-refractivity contribution in [2.24, 2.45) is 11.8 Å². The fourth-order valence-corrected chi connectivity index (χ4v) is 4.19. The van der Waals surface area contributed by atoms with Crippen molar-refractivity contribution in [2.45, 2.75) is 31.8 Å². The molecule has 3 atom stereocenters. The summed E-state index contributed by atoms with van der Waals surface area (Å²) >= 11 is 1.27. The molecule has 0 saturated heterocycles. The van der Waals surface area contributed by atoms with Gasteiger partial charge in [0, 0.05) is 22.8 Å². The van der Waals surface area contributed by atoms with Gasteiger partial charge in [0.05, 0.1) is 12.0 Å². The molecule has 0 radical (unpaired) electrons. The summed E-state index contributed by atoms with van der Waals surface area (Å²) < 4.78 is 0. The maximum Gasteiger partial charge on any atom is 0.345 e. The average molecular weight is 368 g/mol. The molecule has 1 heterocycles. The van der Waals surface area contributed by atoms with Crippen molar-refractivity contribution in [1.82, 2.24) is 0 Å². The fraction of sp³-hybridized carbons (Fsp3) is 0.333. The third-order valence-electron chi connectivity index (χ3n) is 4.64. The largest absolute Gasteiger partial charge is 0.477 e. The smallest absolute Gasteiger partial charge is 0.345 e. The van der Waals surface area contributed by atoms with Gasteiger partial charge in [-0.15, -0.1) is 11.3 Å². The van der Waals surface area contributed by atoms with Gasteiger partial charge in [-0.05, 0) is 43.5 Å². The quantitative estimate of drug-likeness (QED) is 0.794. The minimum atomic E-state index is -0.911. The van der Waals surface area contributed by atoms with E-state index in [1.165, 1.54) is 11.3 Å². The molecule has 2 aromatic rings. The Morgan fingerprint density at radius 1 is 1.19 bits per heavy atom. The van der Waals surface area contributed by atoms with E-state index in [-0.39, 0.29) is 24.0 Å². The van der Waals surface area contributed by atoms with Gasteiger partial charge in [0.1, 0.15) is 10.7 Å². The van der Waals surface area contributed by atoms with E-state index < -0.39 is 12.1 Å². The molecule has 3 rings (SSSR count). The number of carbonyl (C=O) groups excluding carboxylic acids is 1. The molecular formula is C21H20O4S. The molecule has 0 bridgehead atoms. The van der Waals surface area contributed by atoms with E-state index in [2.05, 4.69) is 11.8 Å². The summed E-state index contributed by atoms with van der Waals surface area (Å²) in [6, 6.07) is 13.0. The summed E-state index contributed by atoms with van der Waals surface area (Å²) in [6.45, 7) is 0. The topological polar surface area (TPSA) is 74.6 Å². The van der Waals surface area contributed by atoms with Crippen molar-refractivity contribution >= 4 is 23.1 Å². The number of thiophene rings is 1. The summed E-state index contributed by atoms with van der Waals surface area (Å²) in [5, 5.41) is 19.2. The van der Waals surface area contributed by atoms with Crippen LogP contribution in [-0.2, 0) is 11.2 Å². The van der Waals surface area contributed by atoms with Crippen LogP contribution >= 0.6 is 11.3 Å². The number of hydrogen-bond donors (Lipinski definition) is 2. The maximum absolute atomic E-state index is 12.2. The number of aryl methyl sites for hydroxylation is 1. The van der Waals surface area contributed by atoms with Crippen molar-refractivity contribution in [3.63, 3.8) is 0 Å². The highest BCUT2D eigenvalue weighted by Crippen LogP contribution is 2.33. The number of benzene rings is 1. The lowest BCUT2D eigenvalue weighted by Gasteiger charge is -2.15. The predicted octanol–water partition coefficient (Wildman–Crippen LogP) is 3.39. The summed E-state index contributed by atoms with van der Waals surface area (Å²) in [6.07, 6.45) is 1.62. The van der Waals surface area contributed by atoms with Gasteiger partial charge < -0.3 is 10.2 Å². The lowest BCUT2D eigenvalue weighted by molar-refractivity contribution is -0.121. The number of aliphatic hydroxyl groups excluding tert-OH is 1. The van der Waals surface area contributed by atoms with Crippen LogP contribution in [0.3, 0.4) is 0 Å². The van der Waals surface area contributed by atoms with E-state index in [1.54, 1.807) is 6.07 Å². The Hall–Kier alpha value is -2.42. The number of carboxylic acids is 1. The number of aromatic carboxylic acids is 1. The fourth-order valence-electron chi connectivity index (χ4n) is 3.30. The number of ketones is 1. The van der Waals surface area contributed by atoms with Crippen LogP contribution in [0, 0.1) is 23.7 Å². The van der Waals surface area contributed by atoms with Gasteiger partial charge >= 0.3 is 5.97 Å². The molecule has 4 nitrogen and oxygen atoms in total. The van der Waals surface area contributed by atoms with Crippen molar-refractivity contribution in [2.75, 3.05) is 0 Å². The van der Waals surface area contributed by atoms with Crippen LogP contribution in [0.5, 0.6) is 0 Å². The van der Waals surface area contributed by atoms with Crippen molar-refractivity contribution < 1.29 is 19.8 Å². The number of carbonyl (C=O) groups is 2. The first-order valence-electron chi connectivity index (χ1n) is 8.64. The van der Waals surface area contributed by atoms with Gasteiger partial charge in [-0.1, -0.05) is 30.0 Å². The highest BCUT2D eigenvalue weighted by molar-refractivity contribution is 7.13. The maximum atomic E-state index is 12.2. The van der Waals surface area contributed by atoms with Crippen LogP contribution in [0.25, 0.3) is 0 Å². The summed E-state index contributed by atoms with van der Waals surface area (Å²) in [4.78, 5) is 24.5. The second-order valence-corrected chi connectivity index (χ2v) is 7.64. The minimum Gasteiger partial charge on any atom is -0.477 e. The van der Waals surface area contributed by atoms with Crippen LogP contribution in [-0.4, -0.2) is 28.1 Å². The third kappa shape index (κ3) is 4.40. The number of hydrogen-bond acceptors (Lipinski definition) is 4. The Bertz CT molecular complexity index is 844. The Morgan fingerprint density at radius 2 is 1.96 bits per heavy atom. The van der Waals surface area contributed by atoms with Crippen LogP contribution in [0.15, 0.2) is 42.5 Å². The van der Waals surface area contributed by atoms with Gasteiger partial charge in [-0.25, -0.2) is 4.79 Å². The standard InChI is InChI=1S/C21H20O4S/c22-18-13-19(23)17(11-9-14-5-2-1-3-6-14)16(18)8-4-7-15-10-12-20(26-15)21(24)25/h1-3,5-6,10,12,16-17,19,23H,4,7-8,13H2,(H,24,25)/t16-,17+,19?/m0/s1. The molecule has 1 unspecified atom stereocenters. The van der Waals surface area contributed by atoms with Crippen molar-refractivity contribution in [1.29, 1.82) is 0 Å². The van der Waals surface area contributed by atoms with E-state index in [9.17, 15) is 14.7 Å². The minimum absolute atomic E-state index is 0.0715. The zero-order chi connectivity index (χ0) is 18.5. The first-order valence-corrected chi connectivity index (χ1v) is 9.45. The Kier molecular flexibility index (Phi) is 5.87. The Balaban J connectivity index is 1.62. The molecule has 1 aromatic heterocycles. The molecule has 1 saturated carbocycles. The highest BCUT2D eigenvalue weighted by Gasteiger charge is 2.40.